The van der Waals surface area contributed by atoms with Crippen LogP contribution in [0.4, 0.5) is 13.2 Å². The fourth-order valence-corrected chi connectivity index (χ4v) is 5.58. The van der Waals surface area contributed by atoms with E-state index in [0.717, 1.165) is 41.5 Å². The van der Waals surface area contributed by atoms with E-state index in [4.69, 9.17) is 4.74 Å². The van der Waals surface area contributed by atoms with Gasteiger partial charge in [0, 0.05) is 4.90 Å². The number of halogens is 3. The first-order valence-electron chi connectivity index (χ1n) is 15.7. The summed E-state index contributed by atoms with van der Waals surface area (Å²) in [5.74, 6) is -0.626. The maximum Gasteiger partial charge on any atom is 0.349 e. The minimum atomic E-state index is -3.64. The molecule has 0 aliphatic heterocycles. The van der Waals surface area contributed by atoms with Crippen LogP contribution in [-0.4, -0.2) is 11.9 Å². The van der Waals surface area contributed by atoms with E-state index in [1.54, 1.807) is 36.4 Å². The zero-order valence-corrected chi connectivity index (χ0v) is 26.2. The van der Waals surface area contributed by atoms with Gasteiger partial charge < -0.3 is 4.74 Å². The lowest BCUT2D eigenvalue weighted by molar-refractivity contribution is 0.121. The summed E-state index contributed by atoms with van der Waals surface area (Å²) in [5.41, 5.74) is 3.26. The van der Waals surface area contributed by atoms with Gasteiger partial charge in [0.15, 0.2) is 5.83 Å². The average molecular weight is 597 g/mol. The van der Waals surface area contributed by atoms with E-state index >= 15 is 0 Å². The average Bonchev–Trinajstić information content (AvgIpc) is 2.99. The third-order valence-electron chi connectivity index (χ3n) is 7.45. The summed E-state index contributed by atoms with van der Waals surface area (Å²) in [7, 11) is 0. The van der Waals surface area contributed by atoms with Crippen molar-refractivity contribution in [2.24, 2.45) is 0 Å². The van der Waals surface area contributed by atoms with Gasteiger partial charge in [0.25, 0.3) is 0 Å². The summed E-state index contributed by atoms with van der Waals surface area (Å²) in [6, 6.07) is 21.4. The normalized spacial score (nSPS) is 12.1. The van der Waals surface area contributed by atoms with E-state index in [1.807, 2.05) is 43.3 Å². The predicted octanol–water partition coefficient (Wildman–Crippen LogP) is 12.8. The van der Waals surface area contributed by atoms with E-state index in [-0.39, 0.29) is 11.8 Å². The van der Waals surface area contributed by atoms with E-state index in [2.05, 4.69) is 6.92 Å². The molecule has 0 aliphatic carbocycles. The highest BCUT2D eigenvalue weighted by atomic mass is 32.2. The van der Waals surface area contributed by atoms with E-state index in [0.29, 0.717) is 10.5 Å². The molecule has 0 spiro atoms. The van der Waals surface area contributed by atoms with Crippen LogP contribution in [0.2, 0.25) is 0 Å². The predicted molar refractivity (Wildman–Crippen MR) is 174 cm³/mol. The molecule has 0 saturated heterocycles. The lowest BCUT2D eigenvalue weighted by atomic mass is 10.0. The van der Waals surface area contributed by atoms with Gasteiger partial charge >= 0.3 is 5.25 Å². The minimum absolute atomic E-state index is 0.210. The van der Waals surface area contributed by atoms with Crippen molar-refractivity contribution in [2.45, 2.75) is 107 Å². The molecule has 42 heavy (non-hydrogen) atoms. The Morgan fingerprint density at radius 1 is 0.667 bits per heavy atom. The number of hydrogen-bond donors (Lipinski definition) is 0. The Bertz CT molecular complexity index is 1170. The molecule has 0 bridgehead atoms. The molecule has 0 heterocycles. The van der Waals surface area contributed by atoms with Gasteiger partial charge in [-0.3, -0.25) is 0 Å². The highest BCUT2D eigenvalue weighted by molar-refractivity contribution is 8.00. The fraction of sp³-hybridized carbons (Fsp3) is 0.459. The summed E-state index contributed by atoms with van der Waals surface area (Å²) < 4.78 is 49.2. The van der Waals surface area contributed by atoms with E-state index in [9.17, 15) is 13.2 Å². The highest BCUT2D eigenvalue weighted by Gasteiger charge is 2.36. The maximum absolute atomic E-state index is 14.5. The van der Waals surface area contributed by atoms with Crippen molar-refractivity contribution in [3.8, 4) is 16.9 Å². The molecule has 0 saturated carbocycles. The topological polar surface area (TPSA) is 9.23 Å². The largest absolute Gasteiger partial charge is 0.494 e. The SMILES string of the molecule is CCCCCCCCCCCCCCCOc1ccc(-c2ccc(/C=C(\F)C(F)(F)Sc3ccc(C)cc3)cc2)cc1. The zero-order valence-electron chi connectivity index (χ0n) is 25.4. The van der Waals surface area contributed by atoms with Crippen LogP contribution in [0, 0.1) is 6.92 Å². The molecule has 0 aliphatic rings. The molecule has 5 heteroatoms. The lowest BCUT2D eigenvalue weighted by Crippen LogP contribution is -2.10. The van der Waals surface area contributed by atoms with Crippen molar-refractivity contribution in [2.75, 3.05) is 6.61 Å². The molecule has 0 N–H and O–H groups in total. The van der Waals surface area contributed by atoms with Crippen molar-refractivity contribution in [1.82, 2.24) is 0 Å². The number of hydrogen-bond acceptors (Lipinski definition) is 2. The summed E-state index contributed by atoms with van der Waals surface area (Å²) in [6.45, 7) is 4.86. The van der Waals surface area contributed by atoms with Crippen LogP contribution in [0.25, 0.3) is 17.2 Å². The van der Waals surface area contributed by atoms with Crippen LogP contribution in [0.1, 0.15) is 102 Å². The molecule has 0 fully saturated rings. The van der Waals surface area contributed by atoms with Gasteiger partial charge in [0.05, 0.1) is 6.61 Å². The zero-order chi connectivity index (χ0) is 30.0. The van der Waals surface area contributed by atoms with E-state index < -0.39 is 11.1 Å². The van der Waals surface area contributed by atoms with Gasteiger partial charge in [-0.15, -0.1) is 0 Å². The smallest absolute Gasteiger partial charge is 0.349 e. The number of benzene rings is 3. The first kappa shape index (κ1) is 33.8. The summed E-state index contributed by atoms with van der Waals surface area (Å²) >= 11 is 0.210. The molecular weight excluding hydrogens is 549 g/mol. The van der Waals surface area contributed by atoms with Crippen LogP contribution in [0.5, 0.6) is 5.75 Å². The van der Waals surface area contributed by atoms with Crippen molar-refractivity contribution in [1.29, 1.82) is 0 Å². The fourth-order valence-electron chi connectivity index (χ4n) is 4.86. The van der Waals surface area contributed by atoms with Gasteiger partial charge in [-0.1, -0.05) is 138 Å². The first-order valence-corrected chi connectivity index (χ1v) is 16.5. The molecule has 0 amide bonds. The van der Waals surface area contributed by atoms with Crippen molar-refractivity contribution >= 4 is 17.8 Å². The van der Waals surface area contributed by atoms with Crippen molar-refractivity contribution < 1.29 is 17.9 Å². The van der Waals surface area contributed by atoms with Gasteiger partial charge in [-0.05, 0) is 72.1 Å². The number of ether oxygens (including phenoxy) is 1. The summed E-state index contributed by atoms with van der Waals surface area (Å²) in [6.07, 6.45) is 18.2. The molecule has 1 nitrogen and oxygen atoms in total. The monoisotopic (exact) mass is 596 g/mol. The third kappa shape index (κ3) is 12.7. The molecule has 3 rings (SSSR count). The Morgan fingerprint density at radius 2 is 1.14 bits per heavy atom. The number of unbranched alkanes of at least 4 members (excludes halogenated alkanes) is 12. The molecular formula is C37H47F3OS. The number of thioether (sulfide) groups is 1. The third-order valence-corrected chi connectivity index (χ3v) is 8.41. The van der Waals surface area contributed by atoms with E-state index in [1.165, 1.54) is 77.0 Å². The highest BCUT2D eigenvalue weighted by Crippen LogP contribution is 2.42. The van der Waals surface area contributed by atoms with Crippen molar-refractivity contribution in [3.05, 3.63) is 89.8 Å². The van der Waals surface area contributed by atoms with Crippen LogP contribution >= 0.6 is 11.8 Å². The molecule has 228 valence electrons. The maximum atomic E-state index is 14.5. The second-order valence-corrected chi connectivity index (χ2v) is 12.3. The molecule has 0 radical (unpaired) electrons. The quantitative estimate of drug-likeness (QED) is 0.0948. The molecule has 3 aromatic carbocycles. The molecule has 3 aromatic rings. The summed E-state index contributed by atoms with van der Waals surface area (Å²) in [5, 5.41) is -3.64. The Kier molecular flexibility index (Phi) is 15.1. The van der Waals surface area contributed by atoms with Gasteiger partial charge in [-0.25, -0.2) is 4.39 Å². The lowest BCUT2D eigenvalue weighted by Gasteiger charge is -2.14. The summed E-state index contributed by atoms with van der Waals surface area (Å²) in [4.78, 5) is 0.321. The van der Waals surface area contributed by atoms with Crippen LogP contribution in [0.3, 0.4) is 0 Å². The Hall–Kier alpha value is -2.66. The Morgan fingerprint density at radius 3 is 1.67 bits per heavy atom. The number of alkyl halides is 2. The van der Waals surface area contributed by atoms with Gasteiger partial charge in [-0.2, -0.15) is 8.78 Å². The molecule has 0 unspecified atom stereocenters. The second-order valence-electron chi connectivity index (χ2n) is 11.2. The first-order chi connectivity index (χ1) is 20.4. The Labute approximate surface area is 256 Å². The van der Waals surface area contributed by atoms with Crippen LogP contribution < -0.4 is 4.74 Å². The van der Waals surface area contributed by atoms with Crippen LogP contribution in [0.15, 0.2) is 83.5 Å². The second kappa shape index (κ2) is 18.8. The Balaban J connectivity index is 1.33. The van der Waals surface area contributed by atoms with Gasteiger partial charge in [0.1, 0.15) is 5.75 Å². The molecule has 0 atom stereocenters. The minimum Gasteiger partial charge on any atom is -0.494 e. The van der Waals surface area contributed by atoms with Crippen molar-refractivity contribution in [3.63, 3.8) is 0 Å². The van der Waals surface area contributed by atoms with Gasteiger partial charge in [0.2, 0.25) is 0 Å². The van der Waals surface area contributed by atoms with Crippen LogP contribution in [-0.2, 0) is 0 Å². The molecule has 0 aromatic heterocycles. The number of aryl methyl sites for hydroxylation is 1. The standard InChI is InChI=1S/C37H47F3OS/c1-3-4-5-6-7-8-9-10-11-12-13-14-15-28-41-34-24-22-33(23-25-34)32-20-18-31(19-21-32)29-36(38)37(39,40)42-35-26-16-30(2)17-27-35/h16-27,29H,3-15,28H2,1-2H3/b36-29-. The number of rotatable bonds is 20.